The Kier molecular flexibility index (Phi) is 26.9. The number of aliphatic hydroxyl groups excluding tert-OH is 21. The van der Waals surface area contributed by atoms with Crippen LogP contribution in [0.3, 0.4) is 0 Å². The van der Waals surface area contributed by atoms with E-state index in [0.717, 1.165) is 11.9 Å². The summed E-state index contributed by atoms with van der Waals surface area (Å²) in [7, 11) is 0. The molecule has 0 bridgehead atoms. The van der Waals surface area contributed by atoms with E-state index in [2.05, 4.69) is 26.8 Å². The van der Waals surface area contributed by atoms with Gasteiger partial charge in [0.2, 0.25) is 6.29 Å². The smallest absolute Gasteiger partial charge is 0.335 e. The summed E-state index contributed by atoms with van der Waals surface area (Å²) < 4.78 is 96.5. The number of carbonyl (C=O) groups excluding carboxylic acids is 2. The van der Waals surface area contributed by atoms with E-state index in [1.165, 1.54) is 13.8 Å². The molecule has 8 heterocycles. The average molecular weight is 1680 g/mol. The second kappa shape index (κ2) is 34.4. The molecule has 0 spiro atoms. The molecule has 5 aliphatic carbocycles. The van der Waals surface area contributed by atoms with Crippen LogP contribution in [0.4, 0.5) is 0 Å². The lowest BCUT2D eigenvalue weighted by Crippen LogP contribution is -2.69. The van der Waals surface area contributed by atoms with Crippen molar-refractivity contribution in [3.63, 3.8) is 0 Å². The molecule has 664 valence electrons. The second-order valence-electron chi connectivity index (χ2n) is 35.9. The minimum absolute atomic E-state index is 0.0148. The van der Waals surface area contributed by atoms with Crippen LogP contribution in [-0.2, 0) is 90.2 Å². The predicted molar refractivity (Wildman–Crippen MR) is 375 cm³/mol. The minimum Gasteiger partial charge on any atom is -0.479 e. The van der Waals surface area contributed by atoms with Crippen molar-refractivity contribution in [2.24, 2.45) is 50.2 Å². The molecular formula is C75H118O41. The van der Waals surface area contributed by atoms with Crippen molar-refractivity contribution in [2.75, 3.05) is 33.0 Å². The van der Waals surface area contributed by atoms with Crippen molar-refractivity contribution in [1.82, 2.24) is 0 Å². The molecule has 0 aromatic rings. The van der Waals surface area contributed by atoms with Crippen LogP contribution in [0.5, 0.6) is 0 Å². The number of esters is 1. The highest BCUT2D eigenvalue weighted by molar-refractivity contribution is 5.80. The standard InChI is InChI=1S/C75H118O41/c1-25-38(83)45(90)58(114-66-52(97)56(112-64-48(93)43(88)41(86)32(19-76)106-64)53(26(2)105-66)109-63-51(96)54(31(81)23-103-63)110-61-46(91)39(84)29(79)21-101-61)67(104-25)116-69(100)75-16-15-70(3,4)17-28(75)27-9-10-35-71(5)13-12-37(72(6,24-78)34(71)11-14-73(35,7)74(27,8)18-36(75)82)108-68-59(115-65-49(94)44(89)42(87)33(20-77)107-65)55(50(95)57(113-68)60(98)99)111-62-47(92)40(85)30(80)22-102-62/h9,24-26,28-59,61-68,76-77,79-97H,10-23H2,1-8H3,(H,98,99)/t25-,26+,28+,29-,30-,31-,32-,33-,34-,35-,36-,37+,38+,39+,40+,41-,42+,43+,44+,45+,46-,47-,48-,49-,50+,51-,52-,53+,54+,55+,56+,57+,58-,59-,61+,62+,63+,64+,65+,66+,67+,68-,71+,72+,73-,74-,75-/m1/s1. The van der Waals surface area contributed by atoms with Gasteiger partial charge in [0.25, 0.3) is 0 Å². The van der Waals surface area contributed by atoms with E-state index in [-0.39, 0.29) is 25.2 Å². The SMILES string of the molecule is C[C@@H]1O[C@@H](O[C@H]2[C@H](OC(=O)[C@]34CCC(C)(C)C[C@H]3C3=CC[C@@H]5[C@@]6(C)CC[C@H](O[C@@H]7O[C@H](C(=O)O)[C@@H](O)[C@H](O[C@@H]8OC[C@@H](O)[C@H](O)[C@H]8O)[C@H]7O[C@@H]7O[C@H](CO)[C@H](O)[C@H](O)[C@H]7O)[C@@](C)(C=O)[C@@H]6CC[C@@]5(C)[C@]3(C)C[C@H]4O)O[C@H](C)[C@H](O)[C@@H]2O)[C@H](O)[C@H](O[C@@H]2O[C@H](CO)[C@@H](O)[C@H](O)[C@H]2O)[C@H]1O[C@@H]1OC[C@@H](O)[C@H](O[C@@H]2OC[C@@H](O)[C@H](O)[C@H]2O)[C@H]1O. The van der Waals surface area contributed by atoms with Crippen LogP contribution in [0, 0.1) is 50.2 Å². The normalized spacial score (nSPS) is 55.0. The first-order valence-electron chi connectivity index (χ1n) is 39.9. The molecule has 0 aromatic heterocycles. The van der Waals surface area contributed by atoms with Gasteiger partial charge in [-0.15, -0.1) is 0 Å². The molecule has 41 nitrogen and oxygen atoms in total. The third-order valence-electron chi connectivity index (χ3n) is 28.6. The quantitative estimate of drug-likeness (QED) is 0.0233. The summed E-state index contributed by atoms with van der Waals surface area (Å²) in [5, 5.41) is 244. The lowest BCUT2D eigenvalue weighted by Gasteiger charge is -2.71. The molecular weight excluding hydrogens is 1560 g/mol. The van der Waals surface area contributed by atoms with E-state index >= 15 is 4.79 Å². The van der Waals surface area contributed by atoms with Gasteiger partial charge in [0, 0.05) is 0 Å². The molecule has 13 aliphatic rings. The third-order valence-corrected chi connectivity index (χ3v) is 28.6. The van der Waals surface area contributed by atoms with Crippen molar-refractivity contribution in [3.8, 4) is 0 Å². The number of carbonyl (C=O) groups is 3. The number of hydrogen-bond acceptors (Lipinski definition) is 40. The molecule has 0 unspecified atom stereocenters. The van der Waals surface area contributed by atoms with Gasteiger partial charge >= 0.3 is 11.9 Å². The van der Waals surface area contributed by atoms with Crippen LogP contribution < -0.4 is 0 Å². The summed E-state index contributed by atoms with van der Waals surface area (Å²) in [5.74, 6) is -4.28. The Morgan fingerprint density at radius 3 is 1.51 bits per heavy atom. The zero-order valence-electron chi connectivity index (χ0n) is 65.4. The molecule has 12 fully saturated rings. The first-order valence-corrected chi connectivity index (χ1v) is 39.9. The summed E-state index contributed by atoms with van der Waals surface area (Å²) >= 11 is 0. The number of aliphatic hydroxyl groups is 21. The fourth-order valence-corrected chi connectivity index (χ4v) is 21.4. The number of fused-ring (bicyclic) bond motifs is 7. The van der Waals surface area contributed by atoms with Crippen LogP contribution in [0.1, 0.15) is 113 Å². The number of ether oxygens (including phenoxy) is 16. The Balaban J connectivity index is 0.762. The second-order valence-corrected chi connectivity index (χ2v) is 35.9. The first kappa shape index (κ1) is 90.6. The zero-order chi connectivity index (χ0) is 84.6. The number of allylic oxidation sites excluding steroid dienone is 2. The molecule has 41 heteroatoms. The summed E-state index contributed by atoms with van der Waals surface area (Å²) in [5.41, 5.74) is -5.19. The number of rotatable bonds is 20. The van der Waals surface area contributed by atoms with E-state index in [4.69, 9.17) is 75.8 Å². The van der Waals surface area contributed by atoms with Gasteiger partial charge in [0.15, 0.2) is 56.2 Å². The number of carboxylic acids is 1. The number of hydrogen-bond donors (Lipinski definition) is 22. The maximum Gasteiger partial charge on any atom is 0.335 e. The monoisotopic (exact) mass is 1670 g/mol. The van der Waals surface area contributed by atoms with Gasteiger partial charge in [0.05, 0.1) is 62.9 Å². The van der Waals surface area contributed by atoms with Crippen molar-refractivity contribution in [2.45, 2.75) is 353 Å². The minimum atomic E-state index is -2.24. The Morgan fingerprint density at radius 1 is 0.448 bits per heavy atom. The van der Waals surface area contributed by atoms with Crippen molar-refractivity contribution >= 4 is 18.2 Å². The van der Waals surface area contributed by atoms with Crippen molar-refractivity contribution in [3.05, 3.63) is 11.6 Å². The van der Waals surface area contributed by atoms with Crippen molar-refractivity contribution in [1.29, 1.82) is 0 Å². The molecule has 13 rings (SSSR count). The molecule has 8 aliphatic heterocycles. The predicted octanol–water partition coefficient (Wildman–Crippen LogP) is -8.52. The molecule has 0 aromatic carbocycles. The molecule has 8 saturated heterocycles. The molecule has 22 N–H and O–H groups in total. The highest BCUT2D eigenvalue weighted by atomic mass is 16.8. The summed E-state index contributed by atoms with van der Waals surface area (Å²) in [6.07, 6.45) is -66.9. The molecule has 116 heavy (non-hydrogen) atoms. The molecule has 47 atom stereocenters. The number of carboxylic acid groups (broad SMARTS) is 1. The average Bonchev–Trinajstić information content (AvgIpc) is 0.669. The van der Waals surface area contributed by atoms with Gasteiger partial charge in [0.1, 0.15) is 164 Å². The highest BCUT2D eigenvalue weighted by Gasteiger charge is 2.73. The largest absolute Gasteiger partial charge is 0.479 e. The van der Waals surface area contributed by atoms with E-state index in [1.54, 1.807) is 6.92 Å². The maximum atomic E-state index is 16.0. The van der Waals surface area contributed by atoms with Crippen LogP contribution in [-0.4, -0.2) is 403 Å². The maximum absolute atomic E-state index is 16.0. The third kappa shape index (κ3) is 15.7. The highest BCUT2D eigenvalue weighted by Crippen LogP contribution is 2.76. The zero-order valence-corrected chi connectivity index (χ0v) is 65.4. The van der Waals surface area contributed by atoms with Crippen molar-refractivity contribution < 1.29 is 203 Å². The van der Waals surface area contributed by atoms with Crippen LogP contribution in [0.2, 0.25) is 0 Å². The fraction of sp³-hybridized carbons (Fsp3) is 0.933. The topological polar surface area (TPSA) is 644 Å². The summed E-state index contributed by atoms with van der Waals surface area (Å²) in [6.45, 7) is 11.2. The van der Waals surface area contributed by atoms with Gasteiger partial charge in [-0.05, 0) is 111 Å². The Morgan fingerprint density at radius 2 is 0.940 bits per heavy atom. The van der Waals surface area contributed by atoms with Gasteiger partial charge in [-0.1, -0.05) is 53.2 Å². The summed E-state index contributed by atoms with van der Waals surface area (Å²) in [4.78, 5) is 43.4. The van der Waals surface area contributed by atoms with Crippen LogP contribution >= 0.6 is 0 Å². The van der Waals surface area contributed by atoms with Crippen LogP contribution in [0.25, 0.3) is 0 Å². The Labute approximate surface area is 666 Å². The van der Waals surface area contributed by atoms with Gasteiger partial charge in [-0.2, -0.15) is 0 Å². The van der Waals surface area contributed by atoms with E-state index in [0.29, 0.717) is 38.5 Å². The van der Waals surface area contributed by atoms with Crippen LogP contribution in [0.15, 0.2) is 11.6 Å². The molecule has 4 saturated carbocycles. The molecule has 0 radical (unpaired) electrons. The van der Waals surface area contributed by atoms with Gasteiger partial charge in [-0.25, -0.2) is 4.79 Å². The van der Waals surface area contributed by atoms with E-state index in [9.17, 15) is 122 Å². The molecule has 0 amide bonds. The lowest BCUT2D eigenvalue weighted by molar-refractivity contribution is -0.397. The number of aldehydes is 1. The first-order chi connectivity index (χ1) is 54.5. The van der Waals surface area contributed by atoms with E-state index < -0.39 is 329 Å². The van der Waals surface area contributed by atoms with E-state index in [1.807, 2.05) is 13.8 Å². The number of aliphatic carboxylic acids is 1. The van der Waals surface area contributed by atoms with Gasteiger partial charge < -0.3 is 193 Å². The Bertz CT molecular complexity index is 3420. The Hall–Kier alpha value is -3.09. The fourth-order valence-electron chi connectivity index (χ4n) is 21.4. The summed E-state index contributed by atoms with van der Waals surface area (Å²) in [6, 6.07) is 0. The lowest BCUT2D eigenvalue weighted by atomic mass is 9.33. The van der Waals surface area contributed by atoms with Gasteiger partial charge in [-0.3, -0.25) is 4.79 Å².